The van der Waals surface area contributed by atoms with Crippen LogP contribution in [0.3, 0.4) is 0 Å². The van der Waals surface area contributed by atoms with Gasteiger partial charge in [-0.1, -0.05) is 60.1 Å². The number of hydrogen-bond acceptors (Lipinski definition) is 5. The molecular formula is C41H40F5N3O3S. The number of amides is 1. The number of hydrogen-bond donors (Lipinski definition) is 0. The molecule has 0 unspecified atom stereocenters. The van der Waals surface area contributed by atoms with Crippen LogP contribution in [-0.2, 0) is 34.6 Å². The summed E-state index contributed by atoms with van der Waals surface area (Å²) in [6.07, 6.45) is -4.14. The Labute approximate surface area is 321 Å². The van der Waals surface area contributed by atoms with Crippen molar-refractivity contribution in [1.29, 1.82) is 0 Å². The van der Waals surface area contributed by atoms with Crippen LogP contribution in [0.4, 0.5) is 22.0 Å². The topological polar surface area (TPSA) is 54.8 Å². The number of nitrogens with zero attached hydrogens (tertiary/aromatic N) is 3. The van der Waals surface area contributed by atoms with Gasteiger partial charge in [0.15, 0.2) is 17.1 Å². The molecule has 0 atom stereocenters. The third-order valence-corrected chi connectivity index (χ3v) is 10.1. The molecule has 4 aromatic carbocycles. The average Bonchev–Trinajstić information content (AvgIpc) is 3.22. The van der Waals surface area contributed by atoms with Gasteiger partial charge in [-0.3, -0.25) is 9.59 Å². The Morgan fingerprint density at radius 3 is 2.40 bits per heavy atom. The molecule has 0 bridgehead atoms. The van der Waals surface area contributed by atoms with Crippen molar-refractivity contribution >= 4 is 28.6 Å². The van der Waals surface area contributed by atoms with Crippen molar-refractivity contribution in [3.8, 4) is 11.1 Å². The van der Waals surface area contributed by atoms with Gasteiger partial charge in [0, 0.05) is 64.7 Å². The number of fused-ring (bicyclic) bond motifs is 1. The van der Waals surface area contributed by atoms with Crippen LogP contribution in [0.15, 0.2) is 101 Å². The van der Waals surface area contributed by atoms with Gasteiger partial charge in [-0.2, -0.15) is 13.2 Å². The third-order valence-electron chi connectivity index (χ3n) is 9.01. The van der Waals surface area contributed by atoms with Crippen LogP contribution in [0.25, 0.3) is 22.0 Å². The maximum atomic E-state index is 14.9. The number of carbonyl (C=O) groups excluding carboxylic acids is 1. The lowest BCUT2D eigenvalue weighted by molar-refractivity contribution is -0.137. The van der Waals surface area contributed by atoms with Crippen molar-refractivity contribution in [1.82, 2.24) is 14.4 Å². The lowest BCUT2D eigenvalue weighted by Crippen LogP contribution is -2.48. The van der Waals surface area contributed by atoms with E-state index in [0.717, 1.165) is 30.0 Å². The highest BCUT2D eigenvalue weighted by molar-refractivity contribution is 7.98. The fraction of sp³-hybridized carbons (Fsp3) is 0.317. The lowest BCUT2D eigenvalue weighted by Gasteiger charge is -2.39. The normalized spacial score (nSPS) is 17.1. The van der Waals surface area contributed by atoms with Gasteiger partial charge in [-0.15, -0.1) is 11.8 Å². The van der Waals surface area contributed by atoms with E-state index in [1.165, 1.54) is 45.6 Å². The number of rotatable bonds is 12. The second-order valence-corrected chi connectivity index (χ2v) is 13.5. The number of ether oxygens (including phenoxy) is 1. The molecule has 6 nitrogen and oxygen atoms in total. The number of halogens is 5. The van der Waals surface area contributed by atoms with Crippen LogP contribution in [0.2, 0.25) is 0 Å². The minimum atomic E-state index is -4.51. The molecule has 1 aliphatic heterocycles. The number of methoxy groups -OCH3 is 1. The number of thioether (sulfide) groups is 1. The lowest BCUT2D eigenvalue weighted by atomic mass is 10.00. The second-order valence-electron chi connectivity index (χ2n) is 12.5. The monoisotopic (exact) mass is 758 g/mol. The maximum absolute atomic E-state index is 14.9. The standard InChI is InChI=1S/C41H40F5N3O3S/c1-27-6-15-36-34(22-27)37(50)23-39(53-26-31-4-3-5-35(42)40(31)43)49(36)25-38(51)48(33-16-18-47(19-17-33)20-21-52-2)24-28-7-9-29(10-8-28)30-11-13-32(14-12-30)41(44,45)46/h3-15,22-23,33H,16-21,24-26H2,1-2H3/i2D3,6D,15D,20D2,22D,23D. The van der Waals surface area contributed by atoms with Crippen molar-refractivity contribution < 1.29 is 43.8 Å². The van der Waals surface area contributed by atoms with Gasteiger partial charge in [0.05, 0.1) is 32.3 Å². The van der Waals surface area contributed by atoms with Gasteiger partial charge >= 0.3 is 6.18 Å². The fourth-order valence-corrected chi connectivity index (χ4v) is 7.21. The highest BCUT2D eigenvalue weighted by Crippen LogP contribution is 2.32. The molecule has 1 aromatic heterocycles. The predicted octanol–water partition coefficient (Wildman–Crippen LogP) is 8.71. The number of aromatic nitrogens is 1. The average molecular weight is 759 g/mol. The first-order valence-electron chi connectivity index (χ1n) is 21.1. The zero-order valence-electron chi connectivity index (χ0n) is 37.4. The summed E-state index contributed by atoms with van der Waals surface area (Å²) >= 11 is 0.737. The van der Waals surface area contributed by atoms with E-state index in [-0.39, 0.29) is 65.3 Å². The summed E-state index contributed by atoms with van der Waals surface area (Å²) in [5.74, 6) is -3.22. The van der Waals surface area contributed by atoms with E-state index in [2.05, 4.69) is 0 Å². The molecule has 0 radical (unpaired) electrons. The summed E-state index contributed by atoms with van der Waals surface area (Å²) in [6, 6.07) is 12.3. The van der Waals surface area contributed by atoms with Crippen LogP contribution in [0.5, 0.6) is 0 Å². The summed E-state index contributed by atoms with van der Waals surface area (Å²) in [5.41, 5.74) is -0.487. The van der Waals surface area contributed by atoms with Gasteiger partial charge in [0.2, 0.25) is 5.91 Å². The summed E-state index contributed by atoms with van der Waals surface area (Å²) in [6.45, 7) is -2.13. The third kappa shape index (κ3) is 9.17. The molecule has 0 spiro atoms. The molecule has 6 rings (SSSR count). The molecule has 12 heteroatoms. The maximum Gasteiger partial charge on any atom is 0.416 e. The highest BCUT2D eigenvalue weighted by Gasteiger charge is 2.31. The Morgan fingerprint density at radius 2 is 1.72 bits per heavy atom. The zero-order chi connectivity index (χ0) is 45.5. The summed E-state index contributed by atoms with van der Waals surface area (Å²) in [5, 5.41) is -0.573. The van der Waals surface area contributed by atoms with Gasteiger partial charge in [-0.25, -0.2) is 8.78 Å². The van der Waals surface area contributed by atoms with E-state index in [0.29, 0.717) is 16.7 Å². The number of carbonyl (C=O) groups is 1. The Kier molecular flexibility index (Phi) is 8.80. The second kappa shape index (κ2) is 16.7. The van der Waals surface area contributed by atoms with Crippen LogP contribution in [0.1, 0.15) is 47.4 Å². The van der Waals surface area contributed by atoms with Gasteiger partial charge in [-0.05, 0) is 66.7 Å². The first-order valence-corrected chi connectivity index (χ1v) is 17.6. The van der Waals surface area contributed by atoms with Gasteiger partial charge in [0.1, 0.15) is 6.54 Å². The van der Waals surface area contributed by atoms with Crippen molar-refractivity contribution in [3.05, 3.63) is 135 Å². The van der Waals surface area contributed by atoms with Crippen LogP contribution >= 0.6 is 11.8 Å². The first kappa shape index (κ1) is 28.0. The Bertz CT molecular complexity index is 2530. The van der Waals surface area contributed by atoms with E-state index in [1.807, 2.05) is 0 Å². The number of alkyl halides is 3. The van der Waals surface area contributed by atoms with Gasteiger partial charge in [0.25, 0.3) is 0 Å². The number of piperidine rings is 1. The first-order chi connectivity index (χ1) is 29.0. The minimum Gasteiger partial charge on any atom is -0.383 e. The molecule has 1 amide bonds. The van der Waals surface area contributed by atoms with Crippen molar-refractivity contribution in [2.24, 2.45) is 0 Å². The summed E-state index contributed by atoms with van der Waals surface area (Å²) < 4.78 is 149. The van der Waals surface area contributed by atoms with Crippen LogP contribution in [-0.4, -0.2) is 59.5 Å². The molecule has 5 aromatic rings. The van der Waals surface area contributed by atoms with E-state index in [1.54, 1.807) is 24.3 Å². The van der Waals surface area contributed by atoms with E-state index >= 15 is 0 Å². The largest absolute Gasteiger partial charge is 0.416 e. The molecule has 278 valence electrons. The molecule has 0 saturated carbocycles. The van der Waals surface area contributed by atoms with E-state index < -0.39 is 91.6 Å². The van der Waals surface area contributed by atoms with Crippen molar-refractivity contribution in [2.45, 2.75) is 55.9 Å². The molecule has 1 fully saturated rings. The summed E-state index contributed by atoms with van der Waals surface area (Å²) in [7, 11) is -2.83. The van der Waals surface area contributed by atoms with E-state index in [9.17, 15) is 31.5 Å². The minimum absolute atomic E-state index is 0.00336. The molecule has 53 heavy (non-hydrogen) atoms. The van der Waals surface area contributed by atoms with Gasteiger partial charge < -0.3 is 19.1 Å². The smallest absolute Gasteiger partial charge is 0.383 e. The van der Waals surface area contributed by atoms with E-state index in [4.69, 9.17) is 17.1 Å². The molecule has 1 saturated heterocycles. The quantitative estimate of drug-likeness (QED) is 0.0942. The number of pyridine rings is 1. The SMILES string of the molecule is [2H]c1c(C)c([2H])c2c(=O)c([2H])c(SCc3cccc(F)c3F)n(CC(=O)N(Cc3ccc(-c4ccc(C(F)(F)F)cc4)cc3)C3CCN(C([2H])([2H])COC([2H])([2H])[2H])CC3)c2c1[2H]. The Hall–Kier alpha value is -4.52. The summed E-state index contributed by atoms with van der Waals surface area (Å²) in [4.78, 5) is 31.5. The van der Waals surface area contributed by atoms with Crippen molar-refractivity contribution in [3.63, 3.8) is 0 Å². The Balaban J connectivity index is 1.39. The highest BCUT2D eigenvalue weighted by atomic mass is 32.2. The van der Waals surface area contributed by atoms with Crippen molar-refractivity contribution in [2.75, 3.05) is 33.2 Å². The molecule has 0 N–H and O–H groups in total. The molecule has 0 aliphatic carbocycles. The molecule has 1 aliphatic rings. The Morgan fingerprint density at radius 1 is 1.02 bits per heavy atom. The zero-order valence-corrected chi connectivity index (χ0v) is 29.3. The number of likely N-dealkylation sites (tertiary alicyclic amines) is 1. The molecular weight excluding hydrogens is 710 g/mol. The van der Waals surface area contributed by atoms with Crippen LogP contribution < -0.4 is 5.43 Å². The molecule has 2 heterocycles. The van der Waals surface area contributed by atoms with Crippen LogP contribution in [0, 0.1) is 18.6 Å². The number of benzene rings is 4. The predicted molar refractivity (Wildman–Crippen MR) is 198 cm³/mol. The fourth-order valence-electron chi connectivity index (χ4n) is 6.22.